The second kappa shape index (κ2) is 10.9. The molecule has 96 valence electrons. The van der Waals surface area contributed by atoms with Gasteiger partial charge in [-0.3, -0.25) is 4.79 Å². The zero-order valence-corrected chi connectivity index (χ0v) is 10.5. The Morgan fingerprint density at radius 3 is 2.62 bits per heavy atom. The van der Waals surface area contributed by atoms with Gasteiger partial charge in [0.15, 0.2) is 0 Å². The van der Waals surface area contributed by atoms with Crippen LogP contribution in [-0.2, 0) is 9.53 Å². The Morgan fingerprint density at radius 1 is 1.31 bits per heavy atom. The third kappa shape index (κ3) is 8.68. The zero-order chi connectivity index (χ0) is 12.2. The molecule has 0 aliphatic carbocycles. The average Bonchev–Trinajstić information content (AvgIpc) is 2.26. The van der Waals surface area contributed by atoms with Crippen molar-refractivity contribution >= 4 is 5.97 Å². The second-order valence-corrected chi connectivity index (χ2v) is 4.04. The van der Waals surface area contributed by atoms with Gasteiger partial charge in [-0.15, -0.1) is 0 Å². The van der Waals surface area contributed by atoms with E-state index in [1.54, 1.807) is 7.11 Å². The lowest BCUT2D eigenvalue weighted by atomic mass is 10.1. The zero-order valence-electron chi connectivity index (χ0n) is 10.5. The summed E-state index contributed by atoms with van der Waals surface area (Å²) in [6.07, 6.45) is 5.88. The first kappa shape index (κ1) is 15.4. The summed E-state index contributed by atoms with van der Waals surface area (Å²) in [5.74, 6) is -0.731. The average molecular weight is 231 g/mol. The number of methoxy groups -OCH3 is 1. The topological polar surface area (TPSA) is 58.6 Å². The molecule has 16 heavy (non-hydrogen) atoms. The number of carboxylic acid groups (broad SMARTS) is 1. The highest BCUT2D eigenvalue weighted by Crippen LogP contribution is 2.02. The molecule has 0 aliphatic heterocycles. The largest absolute Gasteiger partial charge is 0.480 e. The van der Waals surface area contributed by atoms with Crippen LogP contribution in [0.2, 0.25) is 0 Å². The van der Waals surface area contributed by atoms with Gasteiger partial charge in [-0.1, -0.05) is 19.8 Å². The fourth-order valence-corrected chi connectivity index (χ4v) is 1.55. The predicted octanol–water partition coefficient (Wildman–Crippen LogP) is 2.04. The van der Waals surface area contributed by atoms with Gasteiger partial charge in [-0.25, -0.2) is 0 Å². The maximum absolute atomic E-state index is 10.9. The van der Waals surface area contributed by atoms with Gasteiger partial charge in [-0.2, -0.15) is 0 Å². The van der Waals surface area contributed by atoms with Gasteiger partial charge in [0.25, 0.3) is 0 Å². The van der Waals surface area contributed by atoms with Crippen molar-refractivity contribution in [2.24, 2.45) is 0 Å². The molecule has 4 heteroatoms. The highest BCUT2D eigenvalue weighted by Gasteiger charge is 2.14. The van der Waals surface area contributed by atoms with Crippen LogP contribution in [0.3, 0.4) is 0 Å². The van der Waals surface area contributed by atoms with Crippen LogP contribution in [0.25, 0.3) is 0 Å². The Hall–Kier alpha value is -0.610. The van der Waals surface area contributed by atoms with Crippen molar-refractivity contribution in [3.8, 4) is 0 Å². The molecule has 0 saturated heterocycles. The Kier molecular flexibility index (Phi) is 10.5. The third-order valence-electron chi connectivity index (χ3n) is 2.56. The number of rotatable bonds is 11. The number of hydrogen-bond acceptors (Lipinski definition) is 3. The number of aliphatic carboxylic acids is 1. The fraction of sp³-hybridized carbons (Fsp3) is 0.917. The molecule has 0 amide bonds. The van der Waals surface area contributed by atoms with Crippen LogP contribution in [0.5, 0.6) is 0 Å². The van der Waals surface area contributed by atoms with Crippen molar-refractivity contribution in [1.82, 2.24) is 5.32 Å². The summed E-state index contributed by atoms with van der Waals surface area (Å²) in [4.78, 5) is 10.9. The van der Waals surface area contributed by atoms with E-state index in [-0.39, 0.29) is 6.04 Å². The molecule has 0 heterocycles. The van der Waals surface area contributed by atoms with Crippen molar-refractivity contribution in [3.05, 3.63) is 0 Å². The highest BCUT2D eigenvalue weighted by molar-refractivity contribution is 5.73. The molecule has 0 aromatic carbocycles. The van der Waals surface area contributed by atoms with Crippen molar-refractivity contribution in [2.45, 2.75) is 51.5 Å². The molecule has 0 spiro atoms. The van der Waals surface area contributed by atoms with Gasteiger partial charge >= 0.3 is 5.97 Å². The van der Waals surface area contributed by atoms with E-state index in [9.17, 15) is 4.79 Å². The van der Waals surface area contributed by atoms with Crippen LogP contribution in [0.15, 0.2) is 0 Å². The molecule has 2 N–H and O–H groups in total. The molecule has 0 bridgehead atoms. The molecule has 0 radical (unpaired) electrons. The van der Waals surface area contributed by atoms with Gasteiger partial charge in [0.05, 0.1) is 0 Å². The van der Waals surface area contributed by atoms with Crippen LogP contribution in [0.4, 0.5) is 0 Å². The van der Waals surface area contributed by atoms with Gasteiger partial charge in [0.1, 0.15) is 6.04 Å². The monoisotopic (exact) mass is 231 g/mol. The molecule has 0 aliphatic rings. The van der Waals surface area contributed by atoms with Crippen LogP contribution in [0.1, 0.15) is 45.4 Å². The van der Waals surface area contributed by atoms with Gasteiger partial charge in [-0.05, 0) is 32.2 Å². The van der Waals surface area contributed by atoms with Crippen LogP contribution < -0.4 is 5.32 Å². The number of unbranched alkanes of at least 4 members (excludes halogenated alkanes) is 3. The Morgan fingerprint density at radius 2 is 2.06 bits per heavy atom. The molecule has 0 rings (SSSR count). The summed E-state index contributed by atoms with van der Waals surface area (Å²) in [5.41, 5.74) is 0. The summed E-state index contributed by atoms with van der Waals surface area (Å²) in [5, 5.41) is 12.0. The Labute approximate surface area is 98.4 Å². The summed E-state index contributed by atoms with van der Waals surface area (Å²) in [6, 6.07) is -0.373. The minimum atomic E-state index is -0.731. The van der Waals surface area contributed by atoms with Crippen LogP contribution in [0, 0.1) is 0 Å². The van der Waals surface area contributed by atoms with E-state index < -0.39 is 5.97 Å². The summed E-state index contributed by atoms with van der Waals surface area (Å²) < 4.78 is 4.95. The van der Waals surface area contributed by atoms with Crippen molar-refractivity contribution in [1.29, 1.82) is 0 Å². The normalized spacial score (nSPS) is 12.6. The second-order valence-electron chi connectivity index (χ2n) is 4.04. The number of carboxylic acids is 1. The molecule has 0 fully saturated rings. The van der Waals surface area contributed by atoms with Crippen molar-refractivity contribution in [2.75, 3.05) is 20.3 Å². The predicted molar refractivity (Wildman–Crippen MR) is 64.7 cm³/mol. The first-order chi connectivity index (χ1) is 7.72. The molecule has 4 nitrogen and oxygen atoms in total. The minimum Gasteiger partial charge on any atom is -0.480 e. The molecule has 0 aromatic rings. The fourth-order valence-electron chi connectivity index (χ4n) is 1.55. The molecular formula is C12H25NO3. The SMILES string of the molecule is CCCCC(NCCCCCOC)C(=O)O. The van der Waals surface area contributed by atoms with E-state index >= 15 is 0 Å². The van der Waals surface area contributed by atoms with E-state index in [0.717, 1.165) is 51.7 Å². The summed E-state index contributed by atoms with van der Waals surface area (Å²) in [6.45, 7) is 3.65. The molecule has 0 saturated carbocycles. The van der Waals surface area contributed by atoms with Gasteiger partial charge in [0, 0.05) is 13.7 Å². The quantitative estimate of drug-likeness (QED) is 0.534. The maximum atomic E-state index is 10.9. The molecule has 0 aromatic heterocycles. The van der Waals surface area contributed by atoms with E-state index in [0.29, 0.717) is 0 Å². The molecular weight excluding hydrogens is 206 g/mol. The van der Waals surface area contributed by atoms with Gasteiger partial charge < -0.3 is 15.2 Å². The van der Waals surface area contributed by atoms with E-state index in [1.807, 2.05) is 0 Å². The number of carbonyl (C=O) groups is 1. The van der Waals surface area contributed by atoms with Crippen LogP contribution >= 0.6 is 0 Å². The number of nitrogens with one attached hydrogen (secondary N) is 1. The lowest BCUT2D eigenvalue weighted by molar-refractivity contribution is -0.139. The molecule has 1 unspecified atom stereocenters. The summed E-state index contributed by atoms with van der Waals surface area (Å²) in [7, 11) is 1.70. The van der Waals surface area contributed by atoms with Gasteiger partial charge in [0.2, 0.25) is 0 Å². The van der Waals surface area contributed by atoms with E-state index in [1.165, 1.54) is 0 Å². The Bertz CT molecular complexity index is 174. The summed E-state index contributed by atoms with van der Waals surface area (Å²) >= 11 is 0. The maximum Gasteiger partial charge on any atom is 0.320 e. The van der Waals surface area contributed by atoms with Crippen molar-refractivity contribution < 1.29 is 14.6 Å². The minimum absolute atomic E-state index is 0.373. The lowest BCUT2D eigenvalue weighted by Gasteiger charge is -2.13. The lowest BCUT2D eigenvalue weighted by Crippen LogP contribution is -2.37. The first-order valence-corrected chi connectivity index (χ1v) is 6.17. The smallest absolute Gasteiger partial charge is 0.320 e. The first-order valence-electron chi connectivity index (χ1n) is 6.17. The Balaban J connectivity index is 3.48. The van der Waals surface area contributed by atoms with Crippen LogP contribution in [-0.4, -0.2) is 37.4 Å². The third-order valence-corrected chi connectivity index (χ3v) is 2.56. The van der Waals surface area contributed by atoms with Crippen molar-refractivity contribution in [3.63, 3.8) is 0 Å². The number of ether oxygens (including phenoxy) is 1. The number of hydrogen-bond donors (Lipinski definition) is 2. The van der Waals surface area contributed by atoms with E-state index in [4.69, 9.17) is 9.84 Å². The standard InChI is InChI=1S/C12H25NO3/c1-3-4-8-11(12(14)15)13-9-6-5-7-10-16-2/h11,13H,3-10H2,1-2H3,(H,14,15). The molecule has 1 atom stereocenters. The van der Waals surface area contributed by atoms with E-state index in [2.05, 4.69) is 12.2 Å². The highest BCUT2D eigenvalue weighted by atomic mass is 16.5.